The van der Waals surface area contributed by atoms with Crippen molar-refractivity contribution in [2.45, 2.75) is 6.92 Å². The number of hydrogen-bond acceptors (Lipinski definition) is 2. The number of benzene rings is 1. The summed E-state index contributed by atoms with van der Waals surface area (Å²) in [6.07, 6.45) is 0. The maximum atomic E-state index is 12.7. The summed E-state index contributed by atoms with van der Waals surface area (Å²) in [5.41, 5.74) is 5.72. The highest BCUT2D eigenvalue weighted by Crippen LogP contribution is 2.27. The molecule has 0 aliphatic carbocycles. The van der Waals surface area contributed by atoms with Crippen molar-refractivity contribution in [3.05, 3.63) is 23.0 Å². The number of nitrogens with two attached hydrogens (primary N) is 1. The van der Waals surface area contributed by atoms with Gasteiger partial charge in [-0.15, -0.1) is 0 Å². The van der Waals surface area contributed by atoms with Gasteiger partial charge < -0.3 is 10.5 Å². The van der Waals surface area contributed by atoms with Crippen molar-refractivity contribution < 1.29 is 9.13 Å². The van der Waals surface area contributed by atoms with E-state index in [1.807, 2.05) is 6.92 Å². The first-order valence-corrected chi connectivity index (χ1v) is 3.90. The van der Waals surface area contributed by atoms with Crippen molar-refractivity contribution in [2.75, 3.05) is 12.3 Å². The van der Waals surface area contributed by atoms with Gasteiger partial charge in [-0.1, -0.05) is 11.6 Å². The third kappa shape index (κ3) is 1.80. The Hall–Kier alpha value is -0.960. The van der Waals surface area contributed by atoms with Crippen LogP contribution in [0.5, 0.6) is 5.75 Å². The lowest BCUT2D eigenvalue weighted by molar-refractivity contribution is 0.341. The zero-order valence-electron chi connectivity index (χ0n) is 6.60. The zero-order valence-corrected chi connectivity index (χ0v) is 7.36. The molecule has 1 aromatic rings. The monoisotopic (exact) mass is 189 g/mol. The molecule has 0 radical (unpaired) electrons. The highest BCUT2D eigenvalue weighted by atomic mass is 35.5. The van der Waals surface area contributed by atoms with E-state index in [0.717, 1.165) is 6.07 Å². The summed E-state index contributed by atoms with van der Waals surface area (Å²) in [7, 11) is 0. The molecule has 0 spiro atoms. The topological polar surface area (TPSA) is 35.2 Å². The predicted molar refractivity (Wildman–Crippen MR) is 47.0 cm³/mol. The fraction of sp³-hybridized carbons (Fsp3) is 0.250. The van der Waals surface area contributed by atoms with E-state index in [9.17, 15) is 4.39 Å². The van der Waals surface area contributed by atoms with E-state index in [1.54, 1.807) is 0 Å². The maximum Gasteiger partial charge on any atom is 0.144 e. The summed E-state index contributed by atoms with van der Waals surface area (Å²) in [5, 5.41) is 0.0210. The summed E-state index contributed by atoms with van der Waals surface area (Å²) in [6, 6.07) is 2.52. The van der Waals surface area contributed by atoms with Gasteiger partial charge in [0.1, 0.15) is 11.6 Å². The second-order valence-electron chi connectivity index (χ2n) is 2.24. The first kappa shape index (κ1) is 9.13. The minimum absolute atomic E-state index is 0.0210. The molecule has 1 rings (SSSR count). The Bertz CT molecular complexity index is 291. The van der Waals surface area contributed by atoms with Crippen molar-refractivity contribution in [1.29, 1.82) is 0 Å². The molecule has 0 aliphatic rings. The smallest absolute Gasteiger partial charge is 0.144 e. The van der Waals surface area contributed by atoms with E-state index in [1.165, 1.54) is 6.07 Å². The van der Waals surface area contributed by atoms with Gasteiger partial charge in [-0.3, -0.25) is 0 Å². The Kier molecular flexibility index (Phi) is 2.76. The van der Waals surface area contributed by atoms with Gasteiger partial charge in [-0.2, -0.15) is 0 Å². The number of ether oxygens (including phenoxy) is 1. The minimum Gasteiger partial charge on any atom is -0.492 e. The molecular formula is C8H9ClFNO. The summed E-state index contributed by atoms with van der Waals surface area (Å²) in [5.74, 6) is -0.110. The van der Waals surface area contributed by atoms with E-state index in [4.69, 9.17) is 22.1 Å². The van der Waals surface area contributed by atoms with Gasteiger partial charge >= 0.3 is 0 Å². The number of halogens is 2. The fourth-order valence-electron chi connectivity index (χ4n) is 0.824. The highest BCUT2D eigenvalue weighted by Gasteiger charge is 2.05. The molecule has 2 nitrogen and oxygen atoms in total. The lowest BCUT2D eigenvalue weighted by atomic mass is 10.3. The van der Waals surface area contributed by atoms with Gasteiger partial charge in [0.15, 0.2) is 0 Å². The molecule has 1 aromatic carbocycles. The fourth-order valence-corrected chi connectivity index (χ4v) is 0.978. The highest BCUT2D eigenvalue weighted by molar-refractivity contribution is 6.31. The first-order valence-electron chi connectivity index (χ1n) is 3.52. The van der Waals surface area contributed by atoms with Crippen LogP contribution in [0.3, 0.4) is 0 Å². The van der Waals surface area contributed by atoms with Crippen molar-refractivity contribution in [2.24, 2.45) is 0 Å². The van der Waals surface area contributed by atoms with E-state index in [-0.39, 0.29) is 10.7 Å². The van der Waals surface area contributed by atoms with Crippen molar-refractivity contribution in [3.63, 3.8) is 0 Å². The molecule has 2 N–H and O–H groups in total. The van der Waals surface area contributed by atoms with Crippen LogP contribution in [0.2, 0.25) is 5.02 Å². The van der Waals surface area contributed by atoms with Crippen LogP contribution in [0.25, 0.3) is 0 Å². The molecule has 0 atom stereocenters. The molecule has 4 heteroatoms. The van der Waals surface area contributed by atoms with Crippen LogP contribution in [0, 0.1) is 5.82 Å². The molecule has 0 aromatic heterocycles. The predicted octanol–water partition coefficient (Wildman–Crippen LogP) is 2.46. The van der Waals surface area contributed by atoms with E-state index in [0.29, 0.717) is 12.4 Å². The van der Waals surface area contributed by atoms with Crippen LogP contribution in [-0.2, 0) is 0 Å². The Morgan fingerprint density at radius 1 is 1.58 bits per heavy atom. The molecule has 0 saturated heterocycles. The van der Waals surface area contributed by atoms with Crippen LogP contribution in [0.4, 0.5) is 10.1 Å². The molecule has 0 bridgehead atoms. The number of nitrogen functional groups attached to an aromatic ring is 1. The summed E-state index contributed by atoms with van der Waals surface area (Å²) < 4.78 is 17.8. The van der Waals surface area contributed by atoms with Gasteiger partial charge in [-0.05, 0) is 6.92 Å². The molecule has 0 fully saturated rings. The maximum absolute atomic E-state index is 12.7. The SMILES string of the molecule is CCOc1cc(Cl)c(F)cc1N. The van der Waals surface area contributed by atoms with E-state index in [2.05, 4.69) is 0 Å². The quantitative estimate of drug-likeness (QED) is 0.726. The third-order valence-corrected chi connectivity index (χ3v) is 1.64. The molecule has 0 aliphatic heterocycles. The normalized spacial score (nSPS) is 9.92. The summed E-state index contributed by atoms with van der Waals surface area (Å²) in [4.78, 5) is 0. The Morgan fingerprint density at radius 2 is 2.25 bits per heavy atom. The largest absolute Gasteiger partial charge is 0.492 e. The van der Waals surface area contributed by atoms with Gasteiger partial charge in [0.05, 0.1) is 17.3 Å². The standard InChI is InChI=1S/C8H9ClFNO/c1-2-12-8-3-5(9)6(10)4-7(8)11/h3-4H,2,11H2,1H3. The zero-order chi connectivity index (χ0) is 9.14. The molecule has 66 valence electrons. The number of anilines is 1. The lowest BCUT2D eigenvalue weighted by Crippen LogP contribution is -1.97. The molecule has 12 heavy (non-hydrogen) atoms. The van der Waals surface area contributed by atoms with E-state index < -0.39 is 5.82 Å². The van der Waals surface area contributed by atoms with Crippen LogP contribution >= 0.6 is 11.6 Å². The minimum atomic E-state index is -0.530. The number of hydrogen-bond donors (Lipinski definition) is 1. The van der Waals surface area contributed by atoms with E-state index >= 15 is 0 Å². The Morgan fingerprint density at radius 3 is 2.83 bits per heavy atom. The second-order valence-corrected chi connectivity index (χ2v) is 2.64. The Labute approximate surface area is 75.1 Å². The van der Waals surface area contributed by atoms with Crippen molar-refractivity contribution >= 4 is 17.3 Å². The lowest BCUT2D eigenvalue weighted by Gasteiger charge is -2.06. The van der Waals surface area contributed by atoms with Crippen LogP contribution in [0.15, 0.2) is 12.1 Å². The van der Waals surface area contributed by atoms with Gasteiger partial charge in [0.2, 0.25) is 0 Å². The third-order valence-electron chi connectivity index (χ3n) is 1.35. The van der Waals surface area contributed by atoms with Gasteiger partial charge in [-0.25, -0.2) is 4.39 Å². The average Bonchev–Trinajstić information content (AvgIpc) is 2.01. The average molecular weight is 190 g/mol. The molecule has 0 unspecified atom stereocenters. The second kappa shape index (κ2) is 3.63. The van der Waals surface area contributed by atoms with Crippen molar-refractivity contribution in [1.82, 2.24) is 0 Å². The first-order chi connectivity index (χ1) is 5.65. The van der Waals surface area contributed by atoms with Gasteiger partial charge in [0.25, 0.3) is 0 Å². The molecule has 0 saturated carbocycles. The van der Waals surface area contributed by atoms with Crippen LogP contribution < -0.4 is 10.5 Å². The van der Waals surface area contributed by atoms with Crippen LogP contribution in [-0.4, -0.2) is 6.61 Å². The number of rotatable bonds is 2. The summed E-state index contributed by atoms with van der Waals surface area (Å²) in [6.45, 7) is 2.29. The Balaban J connectivity index is 3.05. The van der Waals surface area contributed by atoms with Gasteiger partial charge in [0, 0.05) is 12.1 Å². The summed E-state index contributed by atoms with van der Waals surface area (Å²) >= 11 is 5.51. The molecule has 0 heterocycles. The van der Waals surface area contributed by atoms with Crippen LogP contribution in [0.1, 0.15) is 6.92 Å². The van der Waals surface area contributed by atoms with Crippen molar-refractivity contribution in [3.8, 4) is 5.75 Å². The molecule has 0 amide bonds. The molecular weight excluding hydrogens is 181 g/mol.